The van der Waals surface area contributed by atoms with E-state index in [0.717, 1.165) is 6.07 Å². The maximum Gasteiger partial charge on any atom is 0.273 e. The SMILES string of the molecule is Cc1ccc(S(=O)(=O)N2CC(CN)CC2C)cc1[N+](=O)[O-]. The van der Waals surface area contributed by atoms with Crippen LogP contribution in [-0.2, 0) is 10.0 Å². The van der Waals surface area contributed by atoms with E-state index in [1.165, 1.54) is 16.4 Å². The van der Waals surface area contributed by atoms with Gasteiger partial charge in [0, 0.05) is 24.2 Å². The average Bonchev–Trinajstić information content (AvgIpc) is 2.80. The molecule has 0 aromatic heterocycles. The molecule has 0 radical (unpaired) electrons. The summed E-state index contributed by atoms with van der Waals surface area (Å²) in [4.78, 5) is 10.4. The highest BCUT2D eigenvalue weighted by Gasteiger charge is 2.37. The fraction of sp³-hybridized carbons (Fsp3) is 0.538. The van der Waals surface area contributed by atoms with Crippen LogP contribution in [0.15, 0.2) is 23.1 Å². The summed E-state index contributed by atoms with van der Waals surface area (Å²) >= 11 is 0. The lowest BCUT2D eigenvalue weighted by molar-refractivity contribution is -0.385. The van der Waals surface area contributed by atoms with Crippen molar-refractivity contribution in [2.24, 2.45) is 11.7 Å². The normalized spacial score (nSPS) is 23.4. The highest BCUT2D eigenvalue weighted by molar-refractivity contribution is 7.89. The largest absolute Gasteiger partial charge is 0.330 e. The first kappa shape index (κ1) is 15.9. The van der Waals surface area contributed by atoms with Crippen molar-refractivity contribution in [1.29, 1.82) is 0 Å². The molecule has 1 aliphatic rings. The van der Waals surface area contributed by atoms with Crippen LogP contribution in [0.3, 0.4) is 0 Å². The zero-order valence-electron chi connectivity index (χ0n) is 12.0. The molecule has 0 saturated carbocycles. The van der Waals surface area contributed by atoms with Gasteiger partial charge in [-0.15, -0.1) is 0 Å². The smallest absolute Gasteiger partial charge is 0.273 e. The van der Waals surface area contributed by atoms with Crippen LogP contribution in [0.2, 0.25) is 0 Å². The van der Waals surface area contributed by atoms with Gasteiger partial charge in [0.15, 0.2) is 0 Å². The third kappa shape index (κ3) is 2.92. The Morgan fingerprint density at radius 1 is 1.48 bits per heavy atom. The molecule has 0 spiro atoms. The van der Waals surface area contributed by atoms with Crippen LogP contribution < -0.4 is 5.73 Å². The Morgan fingerprint density at radius 3 is 2.67 bits per heavy atom. The molecular formula is C13H19N3O4S. The lowest BCUT2D eigenvalue weighted by Gasteiger charge is -2.21. The molecule has 8 heteroatoms. The van der Waals surface area contributed by atoms with Gasteiger partial charge in [-0.25, -0.2) is 8.42 Å². The molecule has 0 aliphatic carbocycles. The van der Waals surface area contributed by atoms with E-state index in [9.17, 15) is 18.5 Å². The molecule has 2 atom stereocenters. The second-order valence-electron chi connectivity index (χ2n) is 5.47. The second-order valence-corrected chi connectivity index (χ2v) is 7.36. The topological polar surface area (TPSA) is 107 Å². The van der Waals surface area contributed by atoms with E-state index < -0.39 is 14.9 Å². The fourth-order valence-electron chi connectivity index (χ4n) is 2.70. The summed E-state index contributed by atoms with van der Waals surface area (Å²) in [6, 6.07) is 3.86. The molecule has 2 unspecified atom stereocenters. The van der Waals surface area contributed by atoms with Crippen molar-refractivity contribution in [1.82, 2.24) is 4.31 Å². The van der Waals surface area contributed by atoms with Crippen LogP contribution in [0, 0.1) is 23.0 Å². The van der Waals surface area contributed by atoms with Gasteiger partial charge in [-0.2, -0.15) is 4.31 Å². The molecule has 7 nitrogen and oxygen atoms in total. The first-order chi connectivity index (χ1) is 9.77. The van der Waals surface area contributed by atoms with E-state index in [1.807, 2.05) is 6.92 Å². The number of nitro benzene ring substituents is 1. The Labute approximate surface area is 123 Å². The minimum absolute atomic E-state index is 0.0377. The number of sulfonamides is 1. The molecule has 1 fully saturated rings. The van der Waals surface area contributed by atoms with Gasteiger partial charge in [0.1, 0.15) is 0 Å². The van der Waals surface area contributed by atoms with E-state index in [-0.39, 0.29) is 22.5 Å². The highest BCUT2D eigenvalue weighted by Crippen LogP contribution is 2.31. The van der Waals surface area contributed by atoms with Gasteiger partial charge in [0.05, 0.1) is 9.82 Å². The average molecular weight is 313 g/mol. The van der Waals surface area contributed by atoms with Crippen LogP contribution in [0.5, 0.6) is 0 Å². The van der Waals surface area contributed by atoms with Gasteiger partial charge in [0.25, 0.3) is 5.69 Å². The first-order valence-electron chi connectivity index (χ1n) is 6.74. The summed E-state index contributed by atoms with van der Waals surface area (Å²) in [6.07, 6.45) is 0.712. The summed E-state index contributed by atoms with van der Waals surface area (Å²) in [5.74, 6) is 0.134. The van der Waals surface area contributed by atoms with Crippen molar-refractivity contribution < 1.29 is 13.3 Å². The fourth-order valence-corrected chi connectivity index (χ4v) is 4.43. The molecule has 1 saturated heterocycles. The molecular weight excluding hydrogens is 294 g/mol. The van der Waals surface area contributed by atoms with Gasteiger partial charge < -0.3 is 5.73 Å². The molecule has 0 bridgehead atoms. The summed E-state index contributed by atoms with van der Waals surface area (Å²) in [6.45, 7) is 4.21. The summed E-state index contributed by atoms with van der Waals surface area (Å²) < 4.78 is 26.7. The zero-order chi connectivity index (χ0) is 15.8. The van der Waals surface area contributed by atoms with Gasteiger partial charge in [-0.05, 0) is 38.8 Å². The van der Waals surface area contributed by atoms with E-state index in [4.69, 9.17) is 5.73 Å². The number of hydrogen-bond donors (Lipinski definition) is 1. The molecule has 2 N–H and O–H groups in total. The molecule has 1 aliphatic heterocycles. The number of benzene rings is 1. The number of aryl methyl sites for hydroxylation is 1. The summed E-state index contributed by atoms with van der Waals surface area (Å²) in [5.41, 5.74) is 5.87. The molecule has 116 valence electrons. The van der Waals surface area contributed by atoms with Gasteiger partial charge in [0.2, 0.25) is 10.0 Å². The van der Waals surface area contributed by atoms with Crippen molar-refractivity contribution in [3.05, 3.63) is 33.9 Å². The predicted octanol–water partition coefficient (Wildman–Crippen LogP) is 1.26. The number of nitrogens with zero attached hydrogens (tertiary/aromatic N) is 2. The molecule has 2 rings (SSSR count). The van der Waals surface area contributed by atoms with Crippen LogP contribution in [0.4, 0.5) is 5.69 Å². The minimum Gasteiger partial charge on any atom is -0.330 e. The van der Waals surface area contributed by atoms with Crippen molar-refractivity contribution in [3.63, 3.8) is 0 Å². The van der Waals surface area contributed by atoms with Crippen molar-refractivity contribution >= 4 is 15.7 Å². The predicted molar refractivity (Wildman–Crippen MR) is 78.3 cm³/mol. The Hall–Kier alpha value is -1.51. The van der Waals surface area contributed by atoms with Gasteiger partial charge >= 0.3 is 0 Å². The van der Waals surface area contributed by atoms with E-state index >= 15 is 0 Å². The molecule has 0 amide bonds. The Balaban J connectivity index is 2.41. The minimum atomic E-state index is -3.73. The number of nitro groups is 1. The lowest BCUT2D eigenvalue weighted by atomic mass is 10.1. The van der Waals surface area contributed by atoms with Crippen molar-refractivity contribution in [3.8, 4) is 0 Å². The van der Waals surface area contributed by atoms with Crippen LogP contribution in [0.1, 0.15) is 18.9 Å². The Bertz CT molecular complexity index is 659. The maximum atomic E-state index is 12.7. The highest BCUT2D eigenvalue weighted by atomic mass is 32.2. The Kier molecular flexibility index (Phi) is 4.31. The molecule has 1 heterocycles. The molecule has 1 aromatic rings. The number of hydrogen-bond acceptors (Lipinski definition) is 5. The standard InChI is InChI=1S/C13H19N3O4S/c1-9-3-4-12(6-13(9)16(17)18)21(19,20)15-8-11(7-14)5-10(15)2/h3-4,6,10-11H,5,7-8,14H2,1-2H3. The van der Waals surface area contributed by atoms with E-state index in [2.05, 4.69) is 0 Å². The lowest BCUT2D eigenvalue weighted by Crippen LogP contribution is -2.34. The quantitative estimate of drug-likeness (QED) is 0.665. The van der Waals surface area contributed by atoms with Crippen molar-refractivity contribution in [2.75, 3.05) is 13.1 Å². The third-order valence-electron chi connectivity index (χ3n) is 3.92. The Morgan fingerprint density at radius 2 is 2.14 bits per heavy atom. The summed E-state index contributed by atoms with van der Waals surface area (Å²) in [7, 11) is -3.73. The second kappa shape index (κ2) is 5.70. The van der Waals surface area contributed by atoms with E-state index in [1.54, 1.807) is 6.92 Å². The molecule has 1 aromatic carbocycles. The number of nitrogens with two attached hydrogens (primary N) is 1. The van der Waals surface area contributed by atoms with Crippen LogP contribution in [-0.4, -0.2) is 36.8 Å². The first-order valence-corrected chi connectivity index (χ1v) is 8.18. The van der Waals surface area contributed by atoms with Crippen molar-refractivity contribution in [2.45, 2.75) is 31.2 Å². The third-order valence-corrected chi connectivity index (χ3v) is 5.90. The zero-order valence-corrected chi connectivity index (χ0v) is 12.8. The van der Waals surface area contributed by atoms with Gasteiger partial charge in [-0.1, -0.05) is 6.07 Å². The maximum absolute atomic E-state index is 12.7. The van der Waals surface area contributed by atoms with Crippen LogP contribution in [0.25, 0.3) is 0 Å². The van der Waals surface area contributed by atoms with E-state index in [0.29, 0.717) is 25.1 Å². The summed E-state index contributed by atoms with van der Waals surface area (Å²) in [5, 5.41) is 11.0. The monoisotopic (exact) mass is 313 g/mol. The molecule has 21 heavy (non-hydrogen) atoms. The van der Waals surface area contributed by atoms with Crippen LogP contribution >= 0.6 is 0 Å². The number of rotatable bonds is 4. The van der Waals surface area contributed by atoms with Gasteiger partial charge in [-0.3, -0.25) is 10.1 Å².